The molecule has 0 bridgehead atoms. The largest absolute Gasteiger partial charge is 0.504 e. The summed E-state index contributed by atoms with van der Waals surface area (Å²) in [4.78, 5) is 0. The van der Waals surface area contributed by atoms with Crippen molar-refractivity contribution >= 4 is 33.8 Å². The van der Waals surface area contributed by atoms with Crippen LogP contribution in [0.3, 0.4) is 0 Å². The van der Waals surface area contributed by atoms with E-state index in [0.29, 0.717) is 9.60 Å². The first-order chi connectivity index (χ1) is 8.51. The van der Waals surface area contributed by atoms with Crippen LogP contribution in [0.2, 0.25) is 0 Å². The van der Waals surface area contributed by atoms with E-state index in [1.54, 1.807) is 0 Å². The summed E-state index contributed by atoms with van der Waals surface area (Å²) in [5.74, 6) is 0.225. The van der Waals surface area contributed by atoms with Crippen molar-refractivity contribution in [3.05, 3.63) is 21.2 Å². The Morgan fingerprint density at radius 1 is 1.05 bits per heavy atom. The van der Waals surface area contributed by atoms with Gasteiger partial charge in [-0.2, -0.15) is 0 Å². The van der Waals surface area contributed by atoms with E-state index >= 15 is 0 Å². The molecule has 104 valence electrons. The van der Waals surface area contributed by atoms with Gasteiger partial charge in [0.05, 0.1) is 4.70 Å². The van der Waals surface area contributed by atoms with Gasteiger partial charge in [-0.05, 0) is 34.7 Å². The van der Waals surface area contributed by atoms with Crippen LogP contribution in [0.5, 0.6) is 5.75 Å². The number of rotatable bonds is 0. The molecule has 0 atom stereocenters. The lowest BCUT2D eigenvalue weighted by Gasteiger charge is -2.26. The van der Waals surface area contributed by atoms with E-state index in [9.17, 15) is 5.11 Å². The second-order valence-corrected chi connectivity index (χ2v) is 8.55. The highest BCUT2D eigenvalue weighted by molar-refractivity contribution is 7.73. The first-order valence-corrected chi connectivity index (χ1v) is 7.55. The Balaban J connectivity index is 2.96. The molecule has 1 N–H and O–H groups in total. The Kier molecular flexibility index (Phi) is 3.30. The van der Waals surface area contributed by atoms with Gasteiger partial charge in [-0.15, -0.1) is 0 Å². The van der Waals surface area contributed by atoms with Gasteiger partial charge in [0, 0.05) is 5.56 Å². The number of phenolic OH excluding ortho intramolecular Hbond substituents is 1. The highest BCUT2D eigenvalue weighted by Gasteiger charge is 2.28. The lowest BCUT2D eigenvalue weighted by atomic mass is 9.80. The van der Waals surface area contributed by atoms with E-state index in [2.05, 4.69) is 47.6 Å². The second kappa shape index (κ2) is 4.32. The highest BCUT2D eigenvalue weighted by atomic mass is 32.1. The zero-order chi connectivity index (χ0) is 14.6. The topological polar surface area (TPSA) is 33.4 Å². The van der Waals surface area contributed by atoms with E-state index in [0.717, 1.165) is 10.3 Å². The molecule has 4 heteroatoms. The van der Waals surface area contributed by atoms with Gasteiger partial charge < -0.3 is 9.52 Å². The minimum atomic E-state index is -0.142. The Morgan fingerprint density at radius 3 is 2.05 bits per heavy atom. The van der Waals surface area contributed by atoms with Gasteiger partial charge in [-0.25, -0.2) is 0 Å². The lowest BCUT2D eigenvalue weighted by molar-refractivity contribution is 0.437. The third kappa shape index (κ3) is 2.56. The molecule has 1 heterocycles. The van der Waals surface area contributed by atoms with Crippen molar-refractivity contribution < 1.29 is 9.52 Å². The van der Waals surface area contributed by atoms with Crippen LogP contribution in [-0.4, -0.2) is 5.11 Å². The van der Waals surface area contributed by atoms with Crippen LogP contribution in [0.1, 0.15) is 52.7 Å². The minimum Gasteiger partial charge on any atom is -0.504 e. The summed E-state index contributed by atoms with van der Waals surface area (Å²) in [7, 11) is 0. The van der Waals surface area contributed by atoms with Gasteiger partial charge in [0.25, 0.3) is 0 Å². The molecule has 0 saturated heterocycles. The molecule has 2 rings (SSSR count). The van der Waals surface area contributed by atoms with Crippen LogP contribution in [0, 0.1) is 4.02 Å². The molecule has 0 saturated carbocycles. The van der Waals surface area contributed by atoms with E-state index in [4.69, 9.17) is 16.6 Å². The molecule has 0 unspecified atom stereocenters. The Labute approximate surface area is 123 Å². The average molecular weight is 296 g/mol. The number of phenols is 1. The third-order valence-corrected chi connectivity index (χ3v) is 4.39. The maximum absolute atomic E-state index is 10.5. The number of hydrogen-bond acceptors (Lipinski definition) is 4. The van der Waals surface area contributed by atoms with Crippen molar-refractivity contribution in [2.24, 2.45) is 0 Å². The van der Waals surface area contributed by atoms with E-state index in [1.165, 1.54) is 16.9 Å². The van der Waals surface area contributed by atoms with Gasteiger partial charge in [-0.1, -0.05) is 52.9 Å². The van der Waals surface area contributed by atoms with Crippen LogP contribution in [0.25, 0.3) is 10.3 Å². The average Bonchev–Trinajstić information content (AvgIpc) is 2.56. The monoisotopic (exact) mass is 296 g/mol. The predicted molar refractivity (Wildman–Crippen MR) is 84.0 cm³/mol. The Hall–Kier alpha value is -0.870. The summed E-state index contributed by atoms with van der Waals surface area (Å²) in [5.41, 5.74) is 2.45. The normalized spacial score (nSPS) is 13.2. The molecular weight excluding hydrogens is 276 g/mol. The van der Waals surface area contributed by atoms with E-state index < -0.39 is 0 Å². The Morgan fingerprint density at radius 2 is 1.58 bits per heavy atom. The second-order valence-electron chi connectivity index (χ2n) is 6.93. The molecule has 0 fully saturated rings. The summed E-state index contributed by atoms with van der Waals surface area (Å²) in [6.07, 6.45) is 0. The van der Waals surface area contributed by atoms with Crippen LogP contribution >= 0.6 is 23.6 Å². The van der Waals surface area contributed by atoms with Crippen LogP contribution in [0.4, 0.5) is 0 Å². The summed E-state index contributed by atoms with van der Waals surface area (Å²) in [6.45, 7) is 12.7. The zero-order valence-electron chi connectivity index (χ0n) is 12.2. The van der Waals surface area contributed by atoms with Crippen LogP contribution in [-0.2, 0) is 10.8 Å². The quantitative estimate of drug-likeness (QED) is 0.649. The number of hydrogen-bond donors (Lipinski definition) is 1. The highest BCUT2D eigenvalue weighted by Crippen LogP contribution is 2.44. The molecule has 2 aromatic rings. The maximum Gasteiger partial charge on any atom is 0.248 e. The zero-order valence-corrected chi connectivity index (χ0v) is 13.9. The van der Waals surface area contributed by atoms with Crippen molar-refractivity contribution in [1.29, 1.82) is 0 Å². The van der Waals surface area contributed by atoms with Gasteiger partial charge >= 0.3 is 0 Å². The number of aromatic hydroxyl groups is 1. The first-order valence-electron chi connectivity index (χ1n) is 6.32. The smallest absolute Gasteiger partial charge is 0.248 e. The molecule has 0 aliphatic rings. The number of fused-ring (bicyclic) bond motifs is 1. The minimum absolute atomic E-state index is 0.0197. The molecule has 0 spiro atoms. The molecule has 0 aliphatic carbocycles. The summed E-state index contributed by atoms with van der Waals surface area (Å²) >= 11 is 6.56. The molecule has 2 nitrogen and oxygen atoms in total. The van der Waals surface area contributed by atoms with Gasteiger partial charge in [-0.3, -0.25) is 0 Å². The van der Waals surface area contributed by atoms with Gasteiger partial charge in [0.2, 0.25) is 4.02 Å². The summed E-state index contributed by atoms with van der Waals surface area (Å²) in [6, 6.07) is 2.10. The fraction of sp³-hybridized carbons (Fsp3) is 0.533. The van der Waals surface area contributed by atoms with Crippen molar-refractivity contribution in [1.82, 2.24) is 0 Å². The molecule has 0 radical (unpaired) electrons. The molecule has 0 amide bonds. The SMILES string of the molecule is CC(C)(C)c1cc(C(C)(C)C)c2sc(=S)oc2c1O. The lowest BCUT2D eigenvalue weighted by Crippen LogP contribution is -2.16. The predicted octanol–water partition coefficient (Wildman–Crippen LogP) is 5.52. The van der Waals surface area contributed by atoms with Crippen molar-refractivity contribution in [3.63, 3.8) is 0 Å². The van der Waals surface area contributed by atoms with Crippen LogP contribution in [0.15, 0.2) is 10.5 Å². The standard InChI is InChI=1S/C15H20O2S2/c1-14(2,3)8-7-9(15(4,5)6)12-11(10(8)16)17-13(18)19-12/h7,16H,1-6H3. The Bertz CT molecular complexity index is 679. The molecule has 19 heavy (non-hydrogen) atoms. The van der Waals surface area contributed by atoms with E-state index in [1.807, 2.05) is 0 Å². The molecule has 1 aromatic heterocycles. The van der Waals surface area contributed by atoms with Gasteiger partial charge in [0.1, 0.15) is 0 Å². The fourth-order valence-electron chi connectivity index (χ4n) is 2.14. The summed E-state index contributed by atoms with van der Waals surface area (Å²) < 4.78 is 6.97. The first kappa shape index (κ1) is 14.5. The van der Waals surface area contributed by atoms with E-state index in [-0.39, 0.29) is 16.6 Å². The summed E-state index contributed by atoms with van der Waals surface area (Å²) in [5, 5.41) is 10.5. The van der Waals surface area contributed by atoms with Crippen molar-refractivity contribution in [3.8, 4) is 5.75 Å². The molecular formula is C15H20O2S2. The van der Waals surface area contributed by atoms with Crippen molar-refractivity contribution in [2.75, 3.05) is 0 Å². The molecule has 1 aromatic carbocycles. The van der Waals surface area contributed by atoms with Crippen molar-refractivity contribution in [2.45, 2.75) is 52.4 Å². The van der Waals surface area contributed by atoms with Crippen LogP contribution < -0.4 is 0 Å². The van der Waals surface area contributed by atoms with Gasteiger partial charge in [0.15, 0.2) is 11.3 Å². The number of benzene rings is 1. The maximum atomic E-state index is 10.5. The molecule has 0 aliphatic heterocycles. The third-order valence-electron chi connectivity index (χ3n) is 3.20. The fourth-order valence-corrected chi connectivity index (χ4v) is 3.47.